The maximum Gasteiger partial charge on any atom is 0.412 e. The predicted molar refractivity (Wildman–Crippen MR) is 86.0 cm³/mol. The van der Waals surface area contributed by atoms with Crippen LogP contribution in [0.15, 0.2) is 35.9 Å². The zero-order chi connectivity index (χ0) is 16.5. The molecule has 1 aromatic rings. The van der Waals surface area contributed by atoms with E-state index in [1.807, 2.05) is 13.0 Å². The number of nitrogens with one attached hydrogen (secondary N) is 1. The zero-order valence-corrected chi connectivity index (χ0v) is 13.6. The Labute approximate surface area is 135 Å². The normalized spacial score (nSPS) is 12.5. The van der Waals surface area contributed by atoms with E-state index >= 15 is 0 Å². The minimum absolute atomic E-state index is 0.521. The van der Waals surface area contributed by atoms with Crippen LogP contribution in [0.3, 0.4) is 0 Å². The molecule has 0 aliphatic carbocycles. The van der Waals surface area contributed by atoms with Crippen molar-refractivity contribution in [3.8, 4) is 0 Å². The van der Waals surface area contributed by atoms with E-state index < -0.39 is 18.2 Å². The van der Waals surface area contributed by atoms with Crippen molar-refractivity contribution in [3.05, 3.63) is 40.9 Å². The van der Waals surface area contributed by atoms with Crippen LogP contribution >= 0.6 is 11.6 Å². The van der Waals surface area contributed by atoms with Crippen LogP contribution in [0.2, 0.25) is 5.02 Å². The summed E-state index contributed by atoms with van der Waals surface area (Å²) < 4.78 is 9.85. The van der Waals surface area contributed by atoms with Crippen LogP contribution in [-0.2, 0) is 14.3 Å². The van der Waals surface area contributed by atoms with Crippen LogP contribution in [-0.4, -0.2) is 25.3 Å². The van der Waals surface area contributed by atoms with Crippen LogP contribution in [0.25, 0.3) is 0 Å². The molecule has 0 spiro atoms. The van der Waals surface area contributed by atoms with Crippen LogP contribution in [0.5, 0.6) is 0 Å². The molecule has 1 aromatic carbocycles. The fourth-order valence-electron chi connectivity index (χ4n) is 1.70. The number of rotatable bonds is 6. The molecule has 5 nitrogen and oxygen atoms in total. The Balaban J connectivity index is 2.74. The number of halogens is 1. The molecule has 0 fully saturated rings. The van der Waals surface area contributed by atoms with Gasteiger partial charge in [0.05, 0.1) is 7.11 Å². The first-order chi connectivity index (χ1) is 10.5. The highest BCUT2D eigenvalue weighted by molar-refractivity contribution is 6.30. The number of anilines is 1. The molecule has 0 radical (unpaired) electrons. The van der Waals surface area contributed by atoms with Crippen molar-refractivity contribution in [2.45, 2.75) is 32.8 Å². The number of carbonyl (C=O) groups is 2. The SMILES string of the molecule is CCCC=C(C)C(OC(=O)Nc1ccc(Cl)cc1)C(=O)OC. The molecule has 1 rings (SSSR count). The maximum absolute atomic E-state index is 11.9. The number of carbonyl (C=O) groups excluding carboxylic acids is 2. The standard InChI is InChI=1S/C16H20ClNO4/c1-4-5-6-11(2)14(15(19)21-3)22-16(20)18-13-9-7-12(17)8-10-13/h6-10,14H,4-5H2,1-3H3,(H,18,20). The van der Waals surface area contributed by atoms with E-state index in [4.69, 9.17) is 16.3 Å². The molecular formula is C16H20ClNO4. The lowest BCUT2D eigenvalue weighted by atomic mass is 10.1. The van der Waals surface area contributed by atoms with E-state index in [2.05, 4.69) is 10.1 Å². The quantitative estimate of drug-likeness (QED) is 0.629. The van der Waals surface area contributed by atoms with Gasteiger partial charge in [-0.05, 0) is 43.2 Å². The molecule has 120 valence electrons. The molecular weight excluding hydrogens is 306 g/mol. The smallest absolute Gasteiger partial charge is 0.412 e. The monoisotopic (exact) mass is 325 g/mol. The molecule has 6 heteroatoms. The second kappa shape index (κ2) is 9.10. The van der Waals surface area contributed by atoms with Gasteiger partial charge in [-0.3, -0.25) is 5.32 Å². The predicted octanol–water partition coefficient (Wildman–Crippen LogP) is 4.18. The lowest BCUT2D eigenvalue weighted by Crippen LogP contribution is -2.31. The summed E-state index contributed by atoms with van der Waals surface area (Å²) in [5, 5.41) is 3.09. The number of benzene rings is 1. The van der Waals surface area contributed by atoms with E-state index in [0.717, 1.165) is 12.8 Å². The summed E-state index contributed by atoms with van der Waals surface area (Å²) in [5.74, 6) is -0.615. The van der Waals surface area contributed by atoms with Gasteiger partial charge in [-0.2, -0.15) is 0 Å². The summed E-state index contributed by atoms with van der Waals surface area (Å²) in [7, 11) is 1.25. The number of amides is 1. The van der Waals surface area contributed by atoms with Gasteiger partial charge in [0, 0.05) is 10.7 Å². The average Bonchev–Trinajstić information content (AvgIpc) is 2.51. The second-order valence-corrected chi connectivity index (χ2v) is 5.11. The van der Waals surface area contributed by atoms with Crippen molar-refractivity contribution < 1.29 is 19.1 Å². The molecule has 0 aliphatic rings. The van der Waals surface area contributed by atoms with E-state index in [9.17, 15) is 9.59 Å². The van der Waals surface area contributed by atoms with Crippen molar-refractivity contribution in [3.63, 3.8) is 0 Å². The fourth-order valence-corrected chi connectivity index (χ4v) is 1.83. The zero-order valence-electron chi connectivity index (χ0n) is 12.9. The molecule has 1 atom stereocenters. The van der Waals surface area contributed by atoms with Gasteiger partial charge in [-0.1, -0.05) is 31.0 Å². The van der Waals surface area contributed by atoms with Gasteiger partial charge in [0.2, 0.25) is 6.10 Å². The Morgan fingerprint density at radius 2 is 1.95 bits per heavy atom. The summed E-state index contributed by atoms with van der Waals surface area (Å²) in [6.07, 6.45) is 1.80. The van der Waals surface area contributed by atoms with Crippen molar-refractivity contribution in [1.29, 1.82) is 0 Å². The number of methoxy groups -OCH3 is 1. The Bertz CT molecular complexity index is 540. The third-order valence-electron chi connectivity index (χ3n) is 2.90. The summed E-state index contributed by atoms with van der Waals surface area (Å²) in [6.45, 7) is 3.75. The van der Waals surface area contributed by atoms with Crippen molar-refractivity contribution in [2.75, 3.05) is 12.4 Å². The third kappa shape index (κ3) is 5.77. The van der Waals surface area contributed by atoms with Crippen LogP contribution < -0.4 is 5.32 Å². The first-order valence-corrected chi connectivity index (χ1v) is 7.33. The van der Waals surface area contributed by atoms with E-state index in [1.165, 1.54) is 7.11 Å². The first-order valence-electron chi connectivity index (χ1n) is 6.95. The van der Waals surface area contributed by atoms with Crippen LogP contribution in [0.4, 0.5) is 10.5 Å². The van der Waals surface area contributed by atoms with Crippen molar-refractivity contribution in [1.82, 2.24) is 0 Å². The van der Waals surface area contributed by atoms with Gasteiger partial charge in [-0.15, -0.1) is 0 Å². The number of hydrogen-bond donors (Lipinski definition) is 1. The number of esters is 1. The first kappa shape index (κ1) is 18.0. The summed E-state index contributed by atoms with van der Waals surface area (Å²) in [4.78, 5) is 23.7. The molecule has 0 saturated carbocycles. The second-order valence-electron chi connectivity index (χ2n) is 4.68. The van der Waals surface area contributed by atoms with Crippen LogP contribution in [0.1, 0.15) is 26.7 Å². The lowest BCUT2D eigenvalue weighted by Gasteiger charge is -2.17. The topological polar surface area (TPSA) is 64.6 Å². The highest BCUT2D eigenvalue weighted by Crippen LogP contribution is 2.15. The number of ether oxygens (including phenoxy) is 2. The fraction of sp³-hybridized carbons (Fsp3) is 0.375. The van der Waals surface area contributed by atoms with E-state index in [0.29, 0.717) is 16.3 Å². The molecule has 0 saturated heterocycles. The summed E-state index contributed by atoms with van der Waals surface area (Å²) in [5.41, 5.74) is 1.16. The molecule has 0 bridgehead atoms. The van der Waals surface area contributed by atoms with Crippen molar-refractivity contribution >= 4 is 29.4 Å². The van der Waals surface area contributed by atoms with Gasteiger partial charge < -0.3 is 9.47 Å². The van der Waals surface area contributed by atoms with Gasteiger partial charge >= 0.3 is 12.1 Å². The molecule has 22 heavy (non-hydrogen) atoms. The van der Waals surface area contributed by atoms with Crippen LogP contribution in [0, 0.1) is 0 Å². The molecule has 1 N–H and O–H groups in total. The minimum atomic E-state index is -1.05. The molecule has 0 aromatic heterocycles. The molecule has 1 unspecified atom stereocenters. The number of hydrogen-bond acceptors (Lipinski definition) is 4. The molecule has 1 amide bonds. The van der Waals surface area contributed by atoms with Gasteiger partial charge in [0.1, 0.15) is 0 Å². The van der Waals surface area contributed by atoms with Gasteiger partial charge in [-0.25, -0.2) is 9.59 Å². The lowest BCUT2D eigenvalue weighted by molar-refractivity contribution is -0.148. The highest BCUT2D eigenvalue weighted by Gasteiger charge is 2.25. The summed E-state index contributed by atoms with van der Waals surface area (Å²) in [6, 6.07) is 6.55. The molecule has 0 heterocycles. The third-order valence-corrected chi connectivity index (χ3v) is 3.15. The average molecular weight is 326 g/mol. The minimum Gasteiger partial charge on any atom is -0.466 e. The largest absolute Gasteiger partial charge is 0.466 e. The van der Waals surface area contributed by atoms with Gasteiger partial charge in [0.25, 0.3) is 0 Å². The maximum atomic E-state index is 11.9. The number of unbranched alkanes of at least 4 members (excludes halogenated alkanes) is 1. The Morgan fingerprint density at radius 3 is 2.50 bits per heavy atom. The van der Waals surface area contributed by atoms with Gasteiger partial charge in [0.15, 0.2) is 0 Å². The summed E-state index contributed by atoms with van der Waals surface area (Å²) >= 11 is 5.77. The Hall–Kier alpha value is -2.01. The molecule has 0 aliphatic heterocycles. The Morgan fingerprint density at radius 1 is 1.32 bits per heavy atom. The van der Waals surface area contributed by atoms with Crippen molar-refractivity contribution in [2.24, 2.45) is 0 Å². The Kier molecular flexibility index (Phi) is 7.46. The van der Waals surface area contributed by atoms with E-state index in [-0.39, 0.29) is 0 Å². The highest BCUT2D eigenvalue weighted by atomic mass is 35.5. The van der Waals surface area contributed by atoms with E-state index in [1.54, 1.807) is 31.2 Å². The number of allylic oxidation sites excluding steroid dienone is 1.